The normalized spacial score (nSPS) is 50.1. The van der Waals surface area contributed by atoms with E-state index in [1.165, 1.54) is 25.7 Å². The zero-order valence-electron chi connectivity index (χ0n) is 16.9. The molecule has 4 bridgehead atoms. The summed E-state index contributed by atoms with van der Waals surface area (Å²) < 4.78 is 6.24. The molecule has 0 saturated heterocycles. The molecule has 0 spiro atoms. The van der Waals surface area contributed by atoms with Gasteiger partial charge in [0, 0.05) is 7.11 Å². The van der Waals surface area contributed by atoms with Crippen molar-refractivity contribution in [2.24, 2.45) is 46.3 Å². The van der Waals surface area contributed by atoms with E-state index in [0.29, 0.717) is 17.7 Å². The van der Waals surface area contributed by atoms with E-state index in [1.807, 2.05) is 7.11 Å². The zero-order chi connectivity index (χ0) is 16.7. The van der Waals surface area contributed by atoms with Crippen LogP contribution in [0.3, 0.4) is 0 Å². The number of hydrogen-bond donors (Lipinski definition) is 0. The van der Waals surface area contributed by atoms with Gasteiger partial charge < -0.3 is 10.1 Å². The fraction of sp³-hybridized carbons (Fsp3) is 1.00. The average Bonchev–Trinajstić information content (AvgIpc) is 2.49. The van der Waals surface area contributed by atoms with E-state index in [4.69, 9.17) is 4.65 Å². The quantitative estimate of drug-likeness (QED) is 0.674. The number of fused-ring (bicyclic) bond motifs is 4. The highest BCUT2D eigenvalue weighted by Crippen LogP contribution is 2.69. The van der Waals surface area contributed by atoms with Crippen LogP contribution in [0.25, 0.3) is 0 Å². The third-order valence-corrected chi connectivity index (χ3v) is 9.94. The van der Waals surface area contributed by atoms with E-state index in [-0.39, 0.29) is 5.48 Å². The summed E-state index contributed by atoms with van der Waals surface area (Å²) in [5.41, 5.74) is 1.19. The van der Waals surface area contributed by atoms with Gasteiger partial charge in [0.2, 0.25) is 0 Å². The molecule has 3 heteroatoms. The molecule has 0 aromatic carbocycles. The minimum Gasteiger partial charge on any atom is -0.438 e. The molecule has 6 aliphatic carbocycles. The molecular weight excluding hydrogens is 295 g/mol. The Hall–Kier alpha value is -0.0151. The first-order valence-corrected chi connectivity index (χ1v) is 10.2. The van der Waals surface area contributed by atoms with Crippen LogP contribution in [0.5, 0.6) is 0 Å². The van der Waals surface area contributed by atoms with E-state index < -0.39 is 0 Å². The molecule has 6 aliphatic rings. The van der Waals surface area contributed by atoms with Crippen LogP contribution in [-0.2, 0) is 4.65 Å². The van der Waals surface area contributed by atoms with E-state index in [9.17, 15) is 0 Å². The third kappa shape index (κ3) is 2.22. The molecule has 0 aromatic rings. The van der Waals surface area contributed by atoms with Crippen LogP contribution in [0.2, 0.25) is 11.6 Å². The lowest BCUT2D eigenvalue weighted by Gasteiger charge is -2.65. The van der Waals surface area contributed by atoms with Crippen LogP contribution in [-0.4, -0.2) is 19.5 Å². The summed E-state index contributed by atoms with van der Waals surface area (Å²) in [6.45, 7) is 15.7. The first-order chi connectivity index (χ1) is 10.7. The molecule has 138 valence electrons. The van der Waals surface area contributed by atoms with E-state index in [1.54, 1.807) is 0 Å². The summed E-state index contributed by atoms with van der Waals surface area (Å²) in [6, 6.07) is 0. The van der Waals surface area contributed by atoms with Gasteiger partial charge in [-0.15, -0.1) is 0 Å². The summed E-state index contributed by atoms with van der Waals surface area (Å²) >= 11 is 0. The van der Waals surface area contributed by atoms with Gasteiger partial charge in [-0.3, -0.25) is 0 Å². The van der Waals surface area contributed by atoms with Crippen molar-refractivity contribution >= 4 is 6.92 Å². The Morgan fingerprint density at radius 3 is 1.38 bits per heavy atom. The SMILES string of the molecule is COB([C@H]1CC2CC([C@@H]1C)C2(C)C)[C@H]1CC2CC([C@@H]1C)C2(C)C.O. The number of hydrogen-bond acceptors (Lipinski definition) is 1. The van der Waals surface area contributed by atoms with Gasteiger partial charge in [0.05, 0.1) is 0 Å². The lowest BCUT2D eigenvalue weighted by Crippen LogP contribution is -2.60. The summed E-state index contributed by atoms with van der Waals surface area (Å²) in [6.07, 6.45) is 5.81. The zero-order valence-corrected chi connectivity index (χ0v) is 16.9. The molecule has 0 aromatic heterocycles. The van der Waals surface area contributed by atoms with Crippen molar-refractivity contribution in [2.75, 3.05) is 7.11 Å². The van der Waals surface area contributed by atoms with Crippen molar-refractivity contribution in [1.82, 2.24) is 0 Å². The van der Waals surface area contributed by atoms with Gasteiger partial charge in [0.1, 0.15) is 0 Å². The van der Waals surface area contributed by atoms with Crippen molar-refractivity contribution in [3.8, 4) is 0 Å². The molecule has 0 amide bonds. The second kappa shape index (κ2) is 5.74. The highest BCUT2D eigenvalue weighted by Gasteiger charge is 2.62. The molecule has 2 N–H and O–H groups in total. The highest BCUT2D eigenvalue weighted by atomic mass is 16.4. The summed E-state index contributed by atoms with van der Waals surface area (Å²) in [5, 5.41) is 0. The smallest absolute Gasteiger partial charge is 0.299 e. The molecule has 24 heavy (non-hydrogen) atoms. The van der Waals surface area contributed by atoms with Gasteiger partial charge in [-0.25, -0.2) is 0 Å². The van der Waals surface area contributed by atoms with Gasteiger partial charge in [-0.2, -0.15) is 0 Å². The Labute approximate surface area is 149 Å². The first-order valence-electron chi connectivity index (χ1n) is 10.2. The van der Waals surface area contributed by atoms with Crippen molar-refractivity contribution in [2.45, 2.75) is 78.9 Å². The Morgan fingerprint density at radius 1 is 0.750 bits per heavy atom. The standard InChI is InChI=1S/C21H37BO.H2O/c1-12-16-8-14(20(16,3)4)10-18(12)22(23-7)19-11-15-9-17(13(19)2)21(15,5)6;/h12-19H,8-11H2,1-7H3;1H2/t12-,13-,14?,15?,16?,17?,18-,19-;/m0./s1. The van der Waals surface area contributed by atoms with Gasteiger partial charge in [-0.1, -0.05) is 54.4 Å². The summed E-state index contributed by atoms with van der Waals surface area (Å²) in [5.74, 6) is 7.10. The summed E-state index contributed by atoms with van der Waals surface area (Å²) in [4.78, 5) is 0. The first kappa shape index (κ1) is 18.8. The third-order valence-electron chi connectivity index (χ3n) is 9.94. The van der Waals surface area contributed by atoms with Crippen LogP contribution in [0.15, 0.2) is 0 Å². The summed E-state index contributed by atoms with van der Waals surface area (Å²) in [7, 11) is 2.00. The monoisotopic (exact) mass is 334 g/mol. The minimum absolute atomic E-state index is 0. The van der Waals surface area contributed by atoms with E-state index in [2.05, 4.69) is 41.5 Å². The average molecular weight is 334 g/mol. The van der Waals surface area contributed by atoms with Crippen molar-refractivity contribution in [3.63, 3.8) is 0 Å². The molecule has 2 nitrogen and oxygen atoms in total. The fourth-order valence-corrected chi connectivity index (χ4v) is 7.91. The maximum absolute atomic E-state index is 6.24. The molecule has 6 fully saturated rings. The lowest BCUT2D eigenvalue weighted by atomic mass is 9.27. The topological polar surface area (TPSA) is 40.7 Å². The Kier molecular flexibility index (Phi) is 4.49. The van der Waals surface area contributed by atoms with E-state index >= 15 is 0 Å². The second-order valence-electron chi connectivity index (χ2n) is 10.9. The van der Waals surface area contributed by atoms with Crippen LogP contribution in [0, 0.1) is 46.3 Å². The van der Waals surface area contributed by atoms with Crippen molar-refractivity contribution in [1.29, 1.82) is 0 Å². The van der Waals surface area contributed by atoms with Gasteiger partial charge in [0.15, 0.2) is 0 Å². The Morgan fingerprint density at radius 2 is 1.12 bits per heavy atom. The van der Waals surface area contributed by atoms with Crippen molar-refractivity contribution in [3.05, 3.63) is 0 Å². The van der Waals surface area contributed by atoms with Crippen molar-refractivity contribution < 1.29 is 10.1 Å². The van der Waals surface area contributed by atoms with Crippen LogP contribution in [0.4, 0.5) is 0 Å². The molecule has 6 rings (SSSR count). The van der Waals surface area contributed by atoms with Crippen LogP contribution >= 0.6 is 0 Å². The molecule has 0 heterocycles. The predicted molar refractivity (Wildman–Crippen MR) is 102 cm³/mol. The Balaban J connectivity index is 0.00000169. The van der Waals surface area contributed by atoms with Gasteiger partial charge >= 0.3 is 0 Å². The molecule has 6 saturated carbocycles. The van der Waals surface area contributed by atoms with Crippen LogP contribution in [0.1, 0.15) is 67.2 Å². The maximum atomic E-state index is 6.24. The Bertz CT molecular complexity index is 446. The maximum Gasteiger partial charge on any atom is 0.299 e. The molecule has 0 radical (unpaired) electrons. The van der Waals surface area contributed by atoms with Gasteiger partial charge in [0.25, 0.3) is 6.92 Å². The molecule has 4 unspecified atom stereocenters. The molecular formula is C21H39BO2. The highest BCUT2D eigenvalue weighted by molar-refractivity contribution is 6.55. The number of rotatable bonds is 3. The molecule has 8 atom stereocenters. The second-order valence-corrected chi connectivity index (χ2v) is 10.9. The van der Waals surface area contributed by atoms with Crippen LogP contribution < -0.4 is 0 Å². The van der Waals surface area contributed by atoms with Gasteiger partial charge in [-0.05, 0) is 70.8 Å². The fourth-order valence-electron chi connectivity index (χ4n) is 7.91. The van der Waals surface area contributed by atoms with E-state index in [0.717, 1.165) is 47.1 Å². The minimum atomic E-state index is 0. The predicted octanol–water partition coefficient (Wildman–Crippen LogP) is 4.94. The largest absolute Gasteiger partial charge is 0.438 e. The lowest BCUT2D eigenvalue weighted by molar-refractivity contribution is -0.110. The molecule has 0 aliphatic heterocycles.